The van der Waals surface area contributed by atoms with Gasteiger partial charge in [-0.3, -0.25) is 9.59 Å². The molecule has 4 aromatic carbocycles. The van der Waals surface area contributed by atoms with Crippen molar-refractivity contribution in [3.05, 3.63) is 108 Å². The maximum Gasteiger partial charge on any atom is 0.347 e. The van der Waals surface area contributed by atoms with Gasteiger partial charge in [0, 0.05) is 25.1 Å². The topological polar surface area (TPSA) is 142 Å². The Morgan fingerprint density at radius 3 is 1.97 bits per heavy atom. The predicted molar refractivity (Wildman–Crippen MR) is 145 cm³/mol. The van der Waals surface area contributed by atoms with Crippen LogP contribution in [0.5, 0.6) is 28.7 Å². The minimum Gasteiger partial charge on any atom is -0.508 e. The zero-order valence-electron chi connectivity index (χ0n) is 21.3. The number of ketones is 1. The van der Waals surface area contributed by atoms with E-state index < -0.39 is 5.97 Å². The minimum absolute atomic E-state index is 0.0708. The fraction of sp³-hybridized carbons (Fsp3) is 0.100. The van der Waals surface area contributed by atoms with Gasteiger partial charge in [0.2, 0.25) is 5.91 Å². The molecule has 0 spiro atoms. The Morgan fingerprint density at radius 2 is 1.38 bits per heavy atom. The average Bonchev–Trinajstić information content (AvgIpc) is 2.90. The van der Waals surface area contributed by atoms with Gasteiger partial charge in [-0.2, -0.15) is 0 Å². The van der Waals surface area contributed by atoms with Crippen molar-refractivity contribution in [3.8, 4) is 28.7 Å². The highest BCUT2D eigenvalue weighted by Crippen LogP contribution is 2.24. The van der Waals surface area contributed by atoms with Crippen LogP contribution in [0.15, 0.2) is 91.0 Å². The molecule has 0 saturated carbocycles. The van der Waals surface area contributed by atoms with Crippen LogP contribution in [-0.2, 0) is 11.2 Å². The first-order chi connectivity index (χ1) is 18.7. The van der Waals surface area contributed by atoms with E-state index in [4.69, 9.17) is 9.47 Å². The summed E-state index contributed by atoms with van der Waals surface area (Å²) in [5, 5.41) is 31.0. The molecule has 0 aliphatic rings. The number of anilines is 1. The molecule has 0 heterocycles. The van der Waals surface area contributed by atoms with E-state index in [1.807, 2.05) is 0 Å². The number of phenols is 3. The number of esters is 1. The van der Waals surface area contributed by atoms with Gasteiger partial charge in [0.25, 0.3) is 0 Å². The number of amides is 1. The Labute approximate surface area is 224 Å². The summed E-state index contributed by atoms with van der Waals surface area (Å²) in [5.74, 6) is -0.387. The third kappa shape index (κ3) is 8.36. The van der Waals surface area contributed by atoms with Crippen molar-refractivity contribution in [2.75, 3.05) is 12.4 Å². The number of rotatable bonds is 7. The van der Waals surface area contributed by atoms with Gasteiger partial charge >= 0.3 is 5.97 Å². The van der Waals surface area contributed by atoms with Crippen molar-refractivity contribution in [1.29, 1.82) is 0 Å². The van der Waals surface area contributed by atoms with Crippen LogP contribution in [0.2, 0.25) is 0 Å². The maximum atomic E-state index is 12.0. The molecule has 0 atom stereocenters. The SMILES string of the molecule is CC(=O)Nc1ccc(OC(=O)c2ccccc2O)cc1.COc1ccc(CC(=O)c2ccc(O)cc2O)cc1. The van der Waals surface area contributed by atoms with Gasteiger partial charge < -0.3 is 30.1 Å². The monoisotopic (exact) mass is 529 g/mol. The number of carbonyl (C=O) groups is 3. The van der Waals surface area contributed by atoms with E-state index in [0.717, 1.165) is 17.4 Å². The summed E-state index contributed by atoms with van der Waals surface area (Å²) in [6.07, 6.45) is 0.183. The maximum absolute atomic E-state index is 12.0. The summed E-state index contributed by atoms with van der Waals surface area (Å²) in [7, 11) is 1.58. The molecule has 4 N–H and O–H groups in total. The lowest BCUT2D eigenvalue weighted by Gasteiger charge is -2.07. The van der Waals surface area contributed by atoms with Crippen molar-refractivity contribution in [1.82, 2.24) is 0 Å². The van der Waals surface area contributed by atoms with Gasteiger partial charge in [-0.05, 0) is 66.2 Å². The molecule has 0 aliphatic carbocycles. The number of methoxy groups -OCH3 is 1. The van der Waals surface area contributed by atoms with E-state index in [1.54, 1.807) is 67.8 Å². The molecule has 4 aromatic rings. The third-order valence-corrected chi connectivity index (χ3v) is 5.31. The lowest BCUT2D eigenvalue weighted by molar-refractivity contribution is -0.114. The van der Waals surface area contributed by atoms with Crippen molar-refractivity contribution >= 4 is 23.3 Å². The zero-order chi connectivity index (χ0) is 28.4. The van der Waals surface area contributed by atoms with E-state index in [-0.39, 0.29) is 46.5 Å². The fourth-order valence-electron chi connectivity index (χ4n) is 3.40. The summed E-state index contributed by atoms with van der Waals surface area (Å²) in [6, 6.07) is 23.6. The Bertz CT molecular complexity index is 1450. The highest BCUT2D eigenvalue weighted by atomic mass is 16.5. The summed E-state index contributed by atoms with van der Waals surface area (Å²) in [4.78, 5) is 34.7. The number of benzene rings is 4. The van der Waals surface area contributed by atoms with Crippen LogP contribution in [0.4, 0.5) is 5.69 Å². The van der Waals surface area contributed by atoms with Crippen LogP contribution in [-0.4, -0.2) is 40.1 Å². The van der Waals surface area contributed by atoms with E-state index in [1.165, 1.54) is 31.2 Å². The highest BCUT2D eigenvalue weighted by Gasteiger charge is 2.13. The molecular weight excluding hydrogens is 502 g/mol. The molecule has 9 nitrogen and oxygen atoms in total. The van der Waals surface area contributed by atoms with Gasteiger partial charge in [0.15, 0.2) is 5.78 Å². The average molecular weight is 530 g/mol. The van der Waals surface area contributed by atoms with Crippen molar-refractivity contribution in [2.45, 2.75) is 13.3 Å². The van der Waals surface area contributed by atoms with E-state index in [0.29, 0.717) is 11.4 Å². The second kappa shape index (κ2) is 13.3. The standard InChI is InChI=1S/C15H13NO4.C15H14O4/c1-10(17)16-11-6-8-12(9-7-11)20-15(19)13-4-2-3-5-14(13)18;1-19-12-5-2-10(3-6-12)8-14(17)13-7-4-11(16)9-15(13)18/h2-9,18H,1H3,(H,16,17);2-7,9,16,18H,8H2,1H3. The molecule has 1 amide bonds. The number of nitrogens with one attached hydrogen (secondary N) is 1. The molecule has 39 heavy (non-hydrogen) atoms. The molecule has 200 valence electrons. The molecule has 0 radical (unpaired) electrons. The van der Waals surface area contributed by atoms with Gasteiger partial charge in [-0.25, -0.2) is 4.79 Å². The minimum atomic E-state index is -0.643. The first-order valence-corrected chi connectivity index (χ1v) is 11.7. The van der Waals surface area contributed by atoms with Crippen LogP contribution in [0, 0.1) is 0 Å². The van der Waals surface area contributed by atoms with Crippen LogP contribution in [0.25, 0.3) is 0 Å². The van der Waals surface area contributed by atoms with Crippen LogP contribution in [0.1, 0.15) is 33.2 Å². The van der Waals surface area contributed by atoms with Gasteiger partial charge in [0.1, 0.15) is 34.3 Å². The van der Waals surface area contributed by atoms with Gasteiger partial charge in [-0.1, -0.05) is 24.3 Å². The van der Waals surface area contributed by atoms with Gasteiger partial charge in [0.05, 0.1) is 12.7 Å². The lowest BCUT2D eigenvalue weighted by Crippen LogP contribution is -2.09. The van der Waals surface area contributed by atoms with Crippen molar-refractivity contribution < 1.29 is 39.2 Å². The highest BCUT2D eigenvalue weighted by molar-refractivity contribution is 6.00. The van der Waals surface area contributed by atoms with E-state index in [2.05, 4.69) is 5.32 Å². The molecule has 0 saturated heterocycles. The van der Waals surface area contributed by atoms with E-state index in [9.17, 15) is 29.7 Å². The number of aromatic hydroxyl groups is 3. The number of hydrogen-bond donors (Lipinski definition) is 4. The molecule has 0 unspecified atom stereocenters. The summed E-state index contributed by atoms with van der Waals surface area (Å²) < 4.78 is 10.2. The first kappa shape index (κ1) is 28.3. The second-order valence-corrected chi connectivity index (χ2v) is 8.26. The number of ether oxygens (including phenoxy) is 2. The number of para-hydroxylation sites is 1. The van der Waals surface area contributed by atoms with Crippen LogP contribution in [0.3, 0.4) is 0 Å². The predicted octanol–water partition coefficient (Wildman–Crippen LogP) is 5.10. The second-order valence-electron chi connectivity index (χ2n) is 8.26. The Balaban J connectivity index is 0.000000216. The molecule has 4 rings (SSSR count). The first-order valence-electron chi connectivity index (χ1n) is 11.7. The zero-order valence-corrected chi connectivity index (χ0v) is 21.3. The molecule has 0 aromatic heterocycles. The summed E-state index contributed by atoms with van der Waals surface area (Å²) >= 11 is 0. The number of Topliss-reactive ketones (excluding diaryl/α,β-unsaturated/α-hetero) is 1. The molecule has 0 fully saturated rings. The Morgan fingerprint density at radius 1 is 0.744 bits per heavy atom. The Kier molecular flexibility index (Phi) is 9.64. The molecule has 9 heteroatoms. The van der Waals surface area contributed by atoms with Gasteiger partial charge in [-0.15, -0.1) is 0 Å². The van der Waals surface area contributed by atoms with Crippen LogP contribution >= 0.6 is 0 Å². The number of carbonyl (C=O) groups excluding carboxylic acids is 3. The van der Waals surface area contributed by atoms with E-state index >= 15 is 0 Å². The van der Waals surface area contributed by atoms with Crippen LogP contribution < -0.4 is 14.8 Å². The smallest absolute Gasteiger partial charge is 0.347 e. The van der Waals surface area contributed by atoms with Crippen molar-refractivity contribution in [3.63, 3.8) is 0 Å². The fourth-order valence-corrected chi connectivity index (χ4v) is 3.40. The number of phenolic OH excluding ortho intramolecular Hbond substituents is 3. The summed E-state index contributed by atoms with van der Waals surface area (Å²) in [5.41, 5.74) is 1.74. The summed E-state index contributed by atoms with van der Waals surface area (Å²) in [6.45, 7) is 1.41. The number of hydrogen-bond acceptors (Lipinski definition) is 8. The molecule has 0 bridgehead atoms. The lowest BCUT2D eigenvalue weighted by atomic mass is 10.0. The van der Waals surface area contributed by atoms with Crippen molar-refractivity contribution in [2.24, 2.45) is 0 Å². The largest absolute Gasteiger partial charge is 0.508 e. The Hall–Kier alpha value is -5.31. The molecule has 0 aliphatic heterocycles. The quantitative estimate of drug-likeness (QED) is 0.147. The normalized spacial score (nSPS) is 10.0. The third-order valence-electron chi connectivity index (χ3n) is 5.31. The molecular formula is C30H27NO8.